The zero-order chi connectivity index (χ0) is 33.7. The molecule has 0 bridgehead atoms. The van der Waals surface area contributed by atoms with Crippen molar-refractivity contribution < 1.29 is 8.83 Å². The van der Waals surface area contributed by atoms with Crippen LogP contribution in [0.2, 0.25) is 0 Å². The Labute approximate surface area is 295 Å². The number of hydrogen-bond acceptors (Lipinski definition) is 3. The number of hydrogen-bond donors (Lipinski definition) is 0. The van der Waals surface area contributed by atoms with Gasteiger partial charge in [0.1, 0.15) is 22.3 Å². The number of para-hydroxylation sites is 2. The first-order valence-electron chi connectivity index (χ1n) is 17.3. The fourth-order valence-corrected chi connectivity index (χ4v) is 7.43. The number of fused-ring (bicyclic) bond motifs is 6. The summed E-state index contributed by atoms with van der Waals surface area (Å²) < 4.78 is 13.1. The second-order valence-corrected chi connectivity index (χ2v) is 12.9. The molecular weight excluding hydrogens is 623 g/mol. The highest BCUT2D eigenvalue weighted by Gasteiger charge is 2.21. The van der Waals surface area contributed by atoms with Crippen molar-refractivity contribution >= 4 is 60.9 Å². The lowest BCUT2D eigenvalue weighted by Gasteiger charge is -2.26. The summed E-state index contributed by atoms with van der Waals surface area (Å²) in [4.78, 5) is 2.32. The van der Waals surface area contributed by atoms with Crippen LogP contribution in [0.15, 0.2) is 197 Å². The average Bonchev–Trinajstić information content (AvgIpc) is 3.77. The van der Waals surface area contributed by atoms with Gasteiger partial charge < -0.3 is 13.7 Å². The standard InChI is InChI=1S/C48H31NO2/c1-3-11-32(12-4-1)34-19-25-37(26-20-34)49(38-27-21-35(22-28-38)33-13-5-2-6-14-33)39-29-23-36(24-30-39)46-47-41-16-8-10-18-44(41)50-45(47)31-42-40-15-7-9-17-43(40)51-48(42)46/h1-31H. The van der Waals surface area contributed by atoms with Crippen molar-refractivity contribution in [2.24, 2.45) is 0 Å². The van der Waals surface area contributed by atoms with Gasteiger partial charge in [-0.2, -0.15) is 0 Å². The minimum Gasteiger partial charge on any atom is -0.456 e. The highest BCUT2D eigenvalue weighted by Crippen LogP contribution is 2.46. The molecule has 0 radical (unpaired) electrons. The maximum Gasteiger partial charge on any atom is 0.144 e. The van der Waals surface area contributed by atoms with Crippen LogP contribution in [0.25, 0.3) is 77.3 Å². The number of anilines is 3. The Balaban J connectivity index is 1.12. The van der Waals surface area contributed by atoms with Crippen molar-refractivity contribution in [1.82, 2.24) is 0 Å². The maximum absolute atomic E-state index is 6.62. The summed E-state index contributed by atoms with van der Waals surface area (Å²) in [6.45, 7) is 0. The summed E-state index contributed by atoms with van der Waals surface area (Å²) in [5.74, 6) is 0. The van der Waals surface area contributed by atoms with E-state index in [9.17, 15) is 0 Å². The molecular formula is C48H31NO2. The second kappa shape index (κ2) is 11.9. The average molecular weight is 654 g/mol. The molecule has 0 amide bonds. The van der Waals surface area contributed by atoms with E-state index in [-0.39, 0.29) is 0 Å². The monoisotopic (exact) mass is 653 g/mol. The molecule has 10 rings (SSSR count). The third kappa shape index (κ3) is 4.98. The molecule has 0 fully saturated rings. The topological polar surface area (TPSA) is 29.5 Å². The van der Waals surface area contributed by atoms with E-state index in [1.807, 2.05) is 24.3 Å². The normalized spacial score (nSPS) is 11.5. The first-order valence-corrected chi connectivity index (χ1v) is 17.3. The van der Waals surface area contributed by atoms with Crippen molar-refractivity contribution in [3.63, 3.8) is 0 Å². The summed E-state index contributed by atoms with van der Waals surface area (Å²) in [5, 5.41) is 4.27. The molecule has 2 heterocycles. The predicted molar refractivity (Wildman–Crippen MR) is 212 cm³/mol. The van der Waals surface area contributed by atoms with E-state index in [0.717, 1.165) is 72.1 Å². The van der Waals surface area contributed by atoms with Crippen LogP contribution in [0, 0.1) is 0 Å². The van der Waals surface area contributed by atoms with Crippen LogP contribution in [0.1, 0.15) is 0 Å². The summed E-state index contributed by atoms with van der Waals surface area (Å²) in [6, 6.07) is 66.1. The molecule has 0 aliphatic heterocycles. The van der Waals surface area contributed by atoms with Gasteiger partial charge in [-0.25, -0.2) is 0 Å². The maximum atomic E-state index is 6.62. The van der Waals surface area contributed by atoms with Gasteiger partial charge in [0.15, 0.2) is 0 Å². The van der Waals surface area contributed by atoms with E-state index in [2.05, 4.69) is 169 Å². The fraction of sp³-hybridized carbons (Fsp3) is 0. The van der Waals surface area contributed by atoms with Gasteiger partial charge in [0, 0.05) is 44.2 Å². The van der Waals surface area contributed by atoms with Crippen LogP contribution in [-0.4, -0.2) is 0 Å². The fourth-order valence-electron chi connectivity index (χ4n) is 7.43. The van der Waals surface area contributed by atoms with Gasteiger partial charge in [-0.05, 0) is 82.4 Å². The van der Waals surface area contributed by atoms with E-state index in [0.29, 0.717) is 0 Å². The lowest BCUT2D eigenvalue weighted by Crippen LogP contribution is -2.09. The van der Waals surface area contributed by atoms with Crippen molar-refractivity contribution in [3.8, 4) is 33.4 Å². The zero-order valence-corrected chi connectivity index (χ0v) is 27.7. The highest BCUT2D eigenvalue weighted by atomic mass is 16.3. The molecule has 3 nitrogen and oxygen atoms in total. The first kappa shape index (κ1) is 29.1. The molecule has 3 heteroatoms. The van der Waals surface area contributed by atoms with Gasteiger partial charge in [0.05, 0.1) is 0 Å². The van der Waals surface area contributed by atoms with Gasteiger partial charge in [-0.3, -0.25) is 0 Å². The lowest BCUT2D eigenvalue weighted by atomic mass is 9.96. The SMILES string of the molecule is c1ccc(-c2ccc(N(c3ccc(-c4ccccc4)cc3)c3ccc(-c4c5oc6ccccc6c5cc5oc6ccccc6c45)cc3)cc2)cc1. The molecule has 0 N–H and O–H groups in total. The molecule has 0 spiro atoms. The van der Waals surface area contributed by atoms with Crippen LogP contribution in [0.4, 0.5) is 17.1 Å². The molecule has 0 atom stereocenters. The third-order valence-corrected chi connectivity index (χ3v) is 9.89. The molecule has 240 valence electrons. The van der Waals surface area contributed by atoms with E-state index < -0.39 is 0 Å². The molecule has 51 heavy (non-hydrogen) atoms. The van der Waals surface area contributed by atoms with Gasteiger partial charge in [-0.15, -0.1) is 0 Å². The quantitative estimate of drug-likeness (QED) is 0.179. The van der Waals surface area contributed by atoms with Gasteiger partial charge >= 0.3 is 0 Å². The first-order chi connectivity index (χ1) is 25.3. The van der Waals surface area contributed by atoms with Crippen molar-refractivity contribution in [2.45, 2.75) is 0 Å². The molecule has 0 saturated carbocycles. The molecule has 0 aliphatic rings. The van der Waals surface area contributed by atoms with Gasteiger partial charge in [-0.1, -0.05) is 133 Å². The summed E-state index contributed by atoms with van der Waals surface area (Å²) in [6.07, 6.45) is 0. The Morgan fingerprint density at radius 1 is 0.314 bits per heavy atom. The van der Waals surface area contributed by atoms with Crippen LogP contribution in [-0.2, 0) is 0 Å². The van der Waals surface area contributed by atoms with E-state index in [1.165, 1.54) is 22.3 Å². The summed E-state index contributed by atoms with van der Waals surface area (Å²) in [7, 11) is 0. The minimum absolute atomic E-state index is 0.855. The van der Waals surface area contributed by atoms with Gasteiger partial charge in [0.25, 0.3) is 0 Å². The van der Waals surface area contributed by atoms with Crippen LogP contribution in [0.5, 0.6) is 0 Å². The van der Waals surface area contributed by atoms with Crippen LogP contribution >= 0.6 is 0 Å². The van der Waals surface area contributed by atoms with E-state index in [1.54, 1.807) is 0 Å². The number of benzene rings is 8. The summed E-state index contributed by atoms with van der Waals surface area (Å²) in [5.41, 5.74) is 13.6. The Bertz CT molecular complexity index is 2720. The van der Waals surface area contributed by atoms with Crippen LogP contribution in [0.3, 0.4) is 0 Å². The van der Waals surface area contributed by atoms with E-state index in [4.69, 9.17) is 8.83 Å². The minimum atomic E-state index is 0.855. The summed E-state index contributed by atoms with van der Waals surface area (Å²) >= 11 is 0. The Hall–Kier alpha value is -6.84. The predicted octanol–water partition coefficient (Wildman–Crippen LogP) is 14.0. The lowest BCUT2D eigenvalue weighted by molar-refractivity contribution is 0.664. The molecule has 0 aliphatic carbocycles. The van der Waals surface area contributed by atoms with Crippen LogP contribution < -0.4 is 4.90 Å². The number of furan rings is 2. The molecule has 2 aromatic heterocycles. The largest absolute Gasteiger partial charge is 0.456 e. The smallest absolute Gasteiger partial charge is 0.144 e. The molecule has 0 unspecified atom stereocenters. The molecule has 10 aromatic rings. The second-order valence-electron chi connectivity index (χ2n) is 12.9. The van der Waals surface area contributed by atoms with Crippen molar-refractivity contribution in [2.75, 3.05) is 4.90 Å². The third-order valence-electron chi connectivity index (χ3n) is 9.89. The van der Waals surface area contributed by atoms with Gasteiger partial charge in [0.2, 0.25) is 0 Å². The molecule has 8 aromatic carbocycles. The number of nitrogens with zero attached hydrogens (tertiary/aromatic N) is 1. The van der Waals surface area contributed by atoms with Crippen molar-refractivity contribution in [3.05, 3.63) is 188 Å². The molecule has 0 saturated heterocycles. The Morgan fingerprint density at radius 3 is 1.29 bits per heavy atom. The Kier molecular flexibility index (Phi) is 6.81. The van der Waals surface area contributed by atoms with Crippen molar-refractivity contribution in [1.29, 1.82) is 0 Å². The highest BCUT2D eigenvalue weighted by molar-refractivity contribution is 6.23. The zero-order valence-electron chi connectivity index (χ0n) is 27.7. The Morgan fingerprint density at radius 2 is 0.745 bits per heavy atom. The van der Waals surface area contributed by atoms with E-state index >= 15 is 0 Å². The number of rotatable bonds is 6.